The molecular weight excluding hydrogens is 335 g/mol. The number of piperazine rings is 1. The molecule has 5 nitrogen and oxygen atoms in total. The number of halogens is 3. The molecule has 0 unspecified atom stereocenters. The molecule has 0 aliphatic carbocycles. The van der Waals surface area contributed by atoms with Crippen LogP contribution in [0.1, 0.15) is 0 Å². The maximum atomic E-state index is 12.2. The molecule has 0 N–H and O–H groups in total. The van der Waals surface area contributed by atoms with Crippen LogP contribution in [0.15, 0.2) is 42.6 Å². The van der Waals surface area contributed by atoms with Gasteiger partial charge in [0.2, 0.25) is 0 Å². The highest BCUT2D eigenvalue weighted by atomic mass is 19.4. The van der Waals surface area contributed by atoms with Gasteiger partial charge in [0.1, 0.15) is 17.3 Å². The molecule has 25 heavy (non-hydrogen) atoms. The van der Waals surface area contributed by atoms with Crippen molar-refractivity contribution in [2.75, 3.05) is 43.1 Å². The number of pyridine rings is 1. The van der Waals surface area contributed by atoms with Gasteiger partial charge in [-0.05, 0) is 24.3 Å². The van der Waals surface area contributed by atoms with Crippen LogP contribution in [-0.4, -0.2) is 44.6 Å². The third-order valence-corrected chi connectivity index (χ3v) is 3.98. The van der Waals surface area contributed by atoms with E-state index in [4.69, 9.17) is 4.74 Å². The smallest absolute Gasteiger partial charge is 0.495 e. The van der Waals surface area contributed by atoms with Crippen LogP contribution >= 0.6 is 0 Å². The lowest BCUT2D eigenvalue weighted by Gasteiger charge is -2.37. The molecule has 1 aliphatic heterocycles. The number of anilines is 2. The lowest BCUT2D eigenvalue weighted by molar-refractivity contribution is -0.274. The molecule has 0 bridgehead atoms. The van der Waals surface area contributed by atoms with Gasteiger partial charge in [-0.15, -0.1) is 13.2 Å². The third kappa shape index (κ3) is 4.26. The molecule has 1 aromatic carbocycles. The Balaban J connectivity index is 1.62. The van der Waals surface area contributed by atoms with Crippen molar-refractivity contribution in [1.29, 1.82) is 0 Å². The van der Waals surface area contributed by atoms with Crippen LogP contribution in [-0.2, 0) is 0 Å². The Kier molecular flexibility index (Phi) is 4.87. The van der Waals surface area contributed by atoms with Gasteiger partial charge in [0.25, 0.3) is 0 Å². The summed E-state index contributed by atoms with van der Waals surface area (Å²) in [6.07, 6.45) is -3.61. The lowest BCUT2D eigenvalue weighted by atomic mass is 10.2. The summed E-state index contributed by atoms with van der Waals surface area (Å²) in [6.45, 7) is 2.96. The number of alkyl halides is 3. The number of nitrogens with zero attached hydrogens (tertiary/aromatic N) is 3. The summed E-state index contributed by atoms with van der Waals surface area (Å²) in [7, 11) is 1.64. The summed E-state index contributed by atoms with van der Waals surface area (Å²) in [4.78, 5) is 8.33. The maximum absolute atomic E-state index is 12.2. The molecule has 1 saturated heterocycles. The first-order chi connectivity index (χ1) is 12.0. The van der Waals surface area contributed by atoms with E-state index < -0.39 is 6.36 Å². The van der Waals surface area contributed by atoms with Crippen LogP contribution in [0.2, 0.25) is 0 Å². The summed E-state index contributed by atoms with van der Waals surface area (Å²) in [5.74, 6) is 1.14. The highest BCUT2D eigenvalue weighted by molar-refractivity contribution is 5.59. The van der Waals surface area contributed by atoms with Gasteiger partial charge in [-0.25, -0.2) is 4.98 Å². The van der Waals surface area contributed by atoms with Gasteiger partial charge in [0.05, 0.1) is 19.0 Å². The van der Waals surface area contributed by atoms with Gasteiger partial charge in [-0.1, -0.05) is 12.1 Å². The van der Waals surface area contributed by atoms with E-state index in [2.05, 4.69) is 14.6 Å². The Hall–Kier alpha value is -2.64. The average molecular weight is 353 g/mol. The van der Waals surface area contributed by atoms with Gasteiger partial charge in [0.15, 0.2) is 0 Å². The fraction of sp³-hybridized carbons (Fsp3) is 0.353. The van der Waals surface area contributed by atoms with Gasteiger partial charge in [-0.2, -0.15) is 0 Å². The number of ether oxygens (including phenoxy) is 2. The summed E-state index contributed by atoms with van der Waals surface area (Å²) < 4.78 is 45.8. The monoisotopic (exact) mass is 353 g/mol. The summed E-state index contributed by atoms with van der Waals surface area (Å²) >= 11 is 0. The zero-order valence-corrected chi connectivity index (χ0v) is 13.7. The largest absolute Gasteiger partial charge is 0.573 e. The predicted octanol–water partition coefficient (Wildman–Crippen LogP) is 3.32. The number of benzene rings is 1. The Bertz CT molecular complexity index is 699. The van der Waals surface area contributed by atoms with E-state index in [0.717, 1.165) is 30.7 Å². The highest BCUT2D eigenvalue weighted by Gasteiger charge is 2.31. The van der Waals surface area contributed by atoms with Crippen molar-refractivity contribution in [1.82, 2.24) is 4.98 Å². The molecule has 0 saturated carbocycles. The van der Waals surface area contributed by atoms with Crippen molar-refractivity contribution in [2.45, 2.75) is 6.36 Å². The zero-order chi connectivity index (χ0) is 17.9. The number of para-hydroxylation sites is 2. The summed E-state index contributed by atoms with van der Waals surface area (Å²) in [5.41, 5.74) is 1.03. The number of aromatic nitrogens is 1. The average Bonchev–Trinajstić information content (AvgIpc) is 2.61. The zero-order valence-electron chi connectivity index (χ0n) is 13.7. The van der Waals surface area contributed by atoms with E-state index in [9.17, 15) is 13.2 Å². The van der Waals surface area contributed by atoms with Gasteiger partial charge < -0.3 is 19.3 Å². The minimum Gasteiger partial charge on any atom is -0.495 e. The molecule has 0 atom stereocenters. The van der Waals surface area contributed by atoms with Crippen molar-refractivity contribution in [3.8, 4) is 11.5 Å². The van der Waals surface area contributed by atoms with Crippen molar-refractivity contribution in [3.05, 3.63) is 42.6 Å². The quantitative estimate of drug-likeness (QED) is 0.843. The van der Waals surface area contributed by atoms with Crippen LogP contribution in [0, 0.1) is 0 Å². The topological polar surface area (TPSA) is 37.8 Å². The van der Waals surface area contributed by atoms with E-state index in [1.165, 1.54) is 6.07 Å². The molecule has 1 fully saturated rings. The van der Waals surface area contributed by atoms with Crippen LogP contribution < -0.4 is 19.3 Å². The summed E-state index contributed by atoms with van der Waals surface area (Å²) in [5, 5.41) is 0. The van der Waals surface area contributed by atoms with Crippen molar-refractivity contribution in [2.24, 2.45) is 0 Å². The third-order valence-electron chi connectivity index (χ3n) is 3.98. The first-order valence-electron chi connectivity index (χ1n) is 7.81. The highest BCUT2D eigenvalue weighted by Crippen LogP contribution is 2.29. The number of methoxy groups -OCH3 is 1. The van der Waals surface area contributed by atoms with Crippen molar-refractivity contribution in [3.63, 3.8) is 0 Å². The molecule has 3 rings (SSSR count). The molecule has 2 aromatic rings. The molecule has 134 valence electrons. The van der Waals surface area contributed by atoms with Gasteiger partial charge in [-0.3, -0.25) is 0 Å². The fourth-order valence-electron chi connectivity index (χ4n) is 2.82. The molecule has 0 amide bonds. The van der Waals surface area contributed by atoms with Crippen LogP contribution in [0.25, 0.3) is 0 Å². The van der Waals surface area contributed by atoms with E-state index >= 15 is 0 Å². The minimum absolute atomic E-state index is 0.316. The van der Waals surface area contributed by atoms with Crippen molar-refractivity contribution >= 4 is 11.5 Å². The number of hydrogen-bond acceptors (Lipinski definition) is 5. The molecule has 8 heteroatoms. The number of rotatable bonds is 4. The molecular formula is C17H18F3N3O2. The molecule has 1 aromatic heterocycles. The van der Waals surface area contributed by atoms with Crippen LogP contribution in [0.4, 0.5) is 24.7 Å². The first kappa shape index (κ1) is 17.2. The fourth-order valence-corrected chi connectivity index (χ4v) is 2.82. The van der Waals surface area contributed by atoms with E-state index in [-0.39, 0.29) is 5.75 Å². The first-order valence-corrected chi connectivity index (χ1v) is 7.81. The summed E-state index contributed by atoms with van der Waals surface area (Å²) in [6, 6.07) is 10.6. The van der Waals surface area contributed by atoms with Crippen molar-refractivity contribution < 1.29 is 22.6 Å². The minimum atomic E-state index is -4.70. The van der Waals surface area contributed by atoms with Gasteiger partial charge in [0, 0.05) is 26.2 Å². The molecule has 2 heterocycles. The van der Waals surface area contributed by atoms with Crippen LogP contribution in [0.3, 0.4) is 0 Å². The standard InChI is InChI=1S/C17H18F3N3O2/c1-24-15-5-3-2-4-14(15)22-8-10-23(11-9-22)16-7-6-13(12-21-16)25-17(18,19)20/h2-7,12H,8-11H2,1H3. The maximum Gasteiger partial charge on any atom is 0.573 e. The van der Waals surface area contributed by atoms with Crippen LogP contribution in [0.5, 0.6) is 11.5 Å². The SMILES string of the molecule is COc1ccccc1N1CCN(c2ccc(OC(F)(F)F)cn2)CC1. The second kappa shape index (κ2) is 7.08. The number of hydrogen-bond donors (Lipinski definition) is 0. The molecule has 1 aliphatic rings. The Morgan fingerprint density at radius 3 is 2.24 bits per heavy atom. The Morgan fingerprint density at radius 1 is 0.960 bits per heavy atom. The second-order valence-corrected chi connectivity index (χ2v) is 5.55. The Morgan fingerprint density at radius 2 is 1.64 bits per heavy atom. The predicted molar refractivity (Wildman–Crippen MR) is 88.3 cm³/mol. The van der Waals surface area contributed by atoms with E-state index in [1.807, 2.05) is 29.2 Å². The lowest BCUT2D eigenvalue weighted by Crippen LogP contribution is -2.46. The normalized spacial score (nSPS) is 15.2. The molecule has 0 spiro atoms. The second-order valence-electron chi connectivity index (χ2n) is 5.55. The Labute approximate surface area is 143 Å². The molecule has 0 radical (unpaired) electrons. The van der Waals surface area contributed by atoms with Gasteiger partial charge >= 0.3 is 6.36 Å². The van der Waals surface area contributed by atoms with E-state index in [0.29, 0.717) is 18.9 Å². The van der Waals surface area contributed by atoms with E-state index in [1.54, 1.807) is 13.2 Å².